The summed E-state index contributed by atoms with van der Waals surface area (Å²) in [5.74, 6) is -0.854. The number of halogens is 1. The number of amides is 3. The first kappa shape index (κ1) is 18.2. The van der Waals surface area contributed by atoms with E-state index in [1.54, 1.807) is 0 Å². The Bertz CT molecular complexity index is 877. The molecule has 3 N–H and O–H groups in total. The number of carbonyl (C=O) groups is 2. The molecule has 0 saturated carbocycles. The Balaban J connectivity index is 1.93. The predicted octanol–water partition coefficient (Wildman–Crippen LogP) is 4.19. The van der Waals surface area contributed by atoms with E-state index in [1.807, 2.05) is 56.3 Å². The number of anilines is 1. The Morgan fingerprint density at radius 1 is 1.15 bits per heavy atom. The van der Waals surface area contributed by atoms with Gasteiger partial charge >= 0.3 is 6.03 Å². The van der Waals surface area contributed by atoms with Crippen LogP contribution in [0.2, 0.25) is 0 Å². The van der Waals surface area contributed by atoms with E-state index in [1.165, 1.54) is 0 Å². The van der Waals surface area contributed by atoms with Crippen molar-refractivity contribution >= 4 is 33.6 Å². The molecule has 0 unspecified atom stereocenters. The SMILES string of the molecule is C=C1NC(=O)N[C@H](c2cc(C)ccc2C)[C@H]1C(=O)Nc1ccc(Br)cc1. The summed E-state index contributed by atoms with van der Waals surface area (Å²) in [5, 5.41) is 8.41. The zero-order valence-corrected chi connectivity index (χ0v) is 16.2. The molecule has 0 radical (unpaired) electrons. The maximum atomic E-state index is 13.0. The molecule has 2 aromatic carbocycles. The molecule has 3 rings (SSSR count). The van der Waals surface area contributed by atoms with Crippen LogP contribution in [0.3, 0.4) is 0 Å². The minimum atomic E-state index is -0.628. The van der Waals surface area contributed by atoms with E-state index in [4.69, 9.17) is 0 Å². The minimum absolute atomic E-state index is 0.226. The molecule has 2 atom stereocenters. The van der Waals surface area contributed by atoms with Gasteiger partial charge in [-0.3, -0.25) is 4.79 Å². The van der Waals surface area contributed by atoms with E-state index in [-0.39, 0.29) is 11.9 Å². The third-order valence-corrected chi connectivity index (χ3v) is 4.96. The van der Waals surface area contributed by atoms with Crippen LogP contribution in [0.4, 0.5) is 10.5 Å². The maximum absolute atomic E-state index is 13.0. The van der Waals surface area contributed by atoms with Gasteiger partial charge in [-0.25, -0.2) is 4.79 Å². The first-order valence-corrected chi connectivity index (χ1v) is 9.04. The lowest BCUT2D eigenvalue weighted by Gasteiger charge is -2.34. The second-order valence-electron chi connectivity index (χ2n) is 6.44. The summed E-state index contributed by atoms with van der Waals surface area (Å²) in [6.45, 7) is 7.86. The second kappa shape index (κ2) is 7.33. The van der Waals surface area contributed by atoms with Crippen LogP contribution in [0, 0.1) is 19.8 Å². The number of benzene rings is 2. The van der Waals surface area contributed by atoms with E-state index in [0.29, 0.717) is 11.4 Å². The van der Waals surface area contributed by atoms with Crippen LogP contribution in [-0.2, 0) is 4.79 Å². The number of urea groups is 1. The Labute approximate surface area is 161 Å². The van der Waals surface area contributed by atoms with Crippen molar-refractivity contribution in [2.75, 3.05) is 5.32 Å². The highest BCUT2D eigenvalue weighted by atomic mass is 79.9. The van der Waals surface area contributed by atoms with E-state index in [2.05, 4.69) is 38.5 Å². The number of rotatable bonds is 3. The zero-order valence-electron chi connectivity index (χ0n) is 14.6. The van der Waals surface area contributed by atoms with Crippen LogP contribution in [0.5, 0.6) is 0 Å². The van der Waals surface area contributed by atoms with Gasteiger partial charge in [0.15, 0.2) is 0 Å². The fourth-order valence-electron chi connectivity index (χ4n) is 3.10. The standard InChI is InChI=1S/C20H20BrN3O2/c1-11-4-5-12(2)16(10-11)18-17(13(3)22-20(26)24-18)19(25)23-15-8-6-14(21)7-9-15/h4-10,17-18H,3H2,1-2H3,(H,23,25)(H2,22,24,26)/t17-,18+/m0/s1. The highest BCUT2D eigenvalue weighted by Crippen LogP contribution is 2.32. The smallest absolute Gasteiger partial charge is 0.319 e. The number of aryl methyl sites for hydroxylation is 2. The van der Waals surface area contributed by atoms with Crippen LogP contribution in [0.15, 0.2) is 59.2 Å². The first-order chi connectivity index (χ1) is 12.3. The molecule has 0 bridgehead atoms. The Morgan fingerprint density at radius 3 is 2.54 bits per heavy atom. The molecule has 6 heteroatoms. The highest BCUT2D eigenvalue weighted by molar-refractivity contribution is 9.10. The summed E-state index contributed by atoms with van der Waals surface area (Å²) in [7, 11) is 0. The molecule has 1 heterocycles. The Morgan fingerprint density at radius 2 is 1.85 bits per heavy atom. The third kappa shape index (κ3) is 3.80. The molecule has 0 spiro atoms. The minimum Gasteiger partial charge on any atom is -0.330 e. The van der Waals surface area contributed by atoms with Gasteiger partial charge in [0.1, 0.15) is 5.92 Å². The quantitative estimate of drug-likeness (QED) is 0.705. The van der Waals surface area contributed by atoms with Gasteiger partial charge in [0.05, 0.1) is 6.04 Å². The average molecular weight is 414 g/mol. The summed E-state index contributed by atoms with van der Waals surface area (Å²) in [5.41, 5.74) is 4.06. The highest BCUT2D eigenvalue weighted by Gasteiger charge is 2.38. The van der Waals surface area contributed by atoms with Crippen molar-refractivity contribution in [3.8, 4) is 0 Å². The maximum Gasteiger partial charge on any atom is 0.319 e. The number of carbonyl (C=O) groups excluding carboxylic acids is 2. The lowest BCUT2D eigenvalue weighted by Crippen LogP contribution is -2.52. The summed E-state index contributed by atoms with van der Waals surface area (Å²) < 4.78 is 0.930. The number of hydrogen-bond acceptors (Lipinski definition) is 2. The van der Waals surface area contributed by atoms with Gasteiger partial charge in [0.2, 0.25) is 5.91 Å². The van der Waals surface area contributed by atoms with Gasteiger partial charge in [0.25, 0.3) is 0 Å². The molecule has 3 amide bonds. The predicted molar refractivity (Wildman–Crippen MR) is 106 cm³/mol. The van der Waals surface area contributed by atoms with Gasteiger partial charge in [-0.2, -0.15) is 0 Å². The lowest BCUT2D eigenvalue weighted by molar-refractivity contribution is -0.119. The van der Waals surface area contributed by atoms with Crippen molar-refractivity contribution in [2.24, 2.45) is 5.92 Å². The van der Waals surface area contributed by atoms with Crippen molar-refractivity contribution in [1.29, 1.82) is 0 Å². The second-order valence-corrected chi connectivity index (χ2v) is 7.35. The number of nitrogens with one attached hydrogen (secondary N) is 3. The van der Waals surface area contributed by atoms with E-state index >= 15 is 0 Å². The Kier molecular flexibility index (Phi) is 5.13. The lowest BCUT2D eigenvalue weighted by atomic mass is 9.85. The largest absolute Gasteiger partial charge is 0.330 e. The first-order valence-electron chi connectivity index (χ1n) is 8.25. The van der Waals surface area contributed by atoms with Gasteiger partial charge in [-0.05, 0) is 49.2 Å². The van der Waals surface area contributed by atoms with E-state index in [9.17, 15) is 9.59 Å². The van der Waals surface area contributed by atoms with Crippen molar-refractivity contribution in [3.63, 3.8) is 0 Å². The normalized spacial score (nSPS) is 19.5. The van der Waals surface area contributed by atoms with Crippen LogP contribution in [0.1, 0.15) is 22.7 Å². The van der Waals surface area contributed by atoms with E-state index < -0.39 is 12.0 Å². The van der Waals surface area contributed by atoms with Crippen LogP contribution >= 0.6 is 15.9 Å². The van der Waals surface area contributed by atoms with Gasteiger partial charge < -0.3 is 16.0 Å². The van der Waals surface area contributed by atoms with Crippen molar-refractivity contribution in [3.05, 3.63) is 75.9 Å². The molecule has 1 aliphatic heterocycles. The molecule has 2 aromatic rings. The van der Waals surface area contributed by atoms with Crippen molar-refractivity contribution < 1.29 is 9.59 Å². The molecule has 0 aromatic heterocycles. The number of hydrogen-bond donors (Lipinski definition) is 3. The average Bonchev–Trinajstić information content (AvgIpc) is 2.58. The van der Waals surface area contributed by atoms with Gasteiger partial charge in [-0.15, -0.1) is 0 Å². The fourth-order valence-corrected chi connectivity index (χ4v) is 3.36. The zero-order chi connectivity index (χ0) is 18.8. The van der Waals surface area contributed by atoms with E-state index in [0.717, 1.165) is 21.2 Å². The van der Waals surface area contributed by atoms with Crippen LogP contribution < -0.4 is 16.0 Å². The molecule has 134 valence electrons. The van der Waals surface area contributed by atoms with Crippen LogP contribution in [-0.4, -0.2) is 11.9 Å². The van der Waals surface area contributed by atoms with Crippen LogP contribution in [0.25, 0.3) is 0 Å². The summed E-state index contributed by atoms with van der Waals surface area (Å²) in [4.78, 5) is 25.0. The molecule has 1 saturated heterocycles. The Hall–Kier alpha value is -2.60. The molecule has 1 fully saturated rings. The fraction of sp³-hybridized carbons (Fsp3) is 0.200. The molecule has 1 aliphatic rings. The topological polar surface area (TPSA) is 70.2 Å². The third-order valence-electron chi connectivity index (χ3n) is 4.43. The van der Waals surface area contributed by atoms with Crippen molar-refractivity contribution in [2.45, 2.75) is 19.9 Å². The van der Waals surface area contributed by atoms with Gasteiger partial charge in [0, 0.05) is 15.9 Å². The van der Waals surface area contributed by atoms with Crippen molar-refractivity contribution in [1.82, 2.24) is 10.6 Å². The molecule has 5 nitrogen and oxygen atoms in total. The molecule has 0 aliphatic carbocycles. The summed E-state index contributed by atoms with van der Waals surface area (Å²) in [6, 6.07) is 12.5. The van der Waals surface area contributed by atoms with Gasteiger partial charge in [-0.1, -0.05) is 46.3 Å². The molecule has 26 heavy (non-hydrogen) atoms. The summed E-state index contributed by atoms with van der Waals surface area (Å²) in [6.07, 6.45) is 0. The molecular weight excluding hydrogens is 394 g/mol. The monoisotopic (exact) mass is 413 g/mol. The summed E-state index contributed by atoms with van der Waals surface area (Å²) >= 11 is 3.37. The molecular formula is C20H20BrN3O2.